The lowest BCUT2D eigenvalue weighted by molar-refractivity contribution is 0.1000. The first-order valence-corrected chi connectivity index (χ1v) is 7.07. The number of nitrogens with zero attached hydrogens (tertiary/aromatic N) is 1. The Morgan fingerprint density at radius 1 is 1.50 bits per heavy atom. The molecule has 1 aromatic carbocycles. The fourth-order valence-electron chi connectivity index (χ4n) is 2.79. The molecule has 20 heavy (non-hydrogen) atoms. The van der Waals surface area contributed by atoms with Crippen molar-refractivity contribution in [3.8, 4) is 0 Å². The predicted molar refractivity (Wildman–Crippen MR) is 76.6 cm³/mol. The molecule has 0 bridgehead atoms. The third kappa shape index (κ3) is 3.35. The summed E-state index contributed by atoms with van der Waals surface area (Å²) in [6, 6.07) is 4.51. The highest BCUT2D eigenvalue weighted by Gasteiger charge is 2.25. The number of carbonyl (C=O) groups is 1. The Balaban J connectivity index is 2.10. The molecular weight excluding hydrogens is 257 g/mol. The van der Waals surface area contributed by atoms with Gasteiger partial charge in [0, 0.05) is 30.3 Å². The molecule has 0 spiro atoms. The summed E-state index contributed by atoms with van der Waals surface area (Å²) >= 11 is 0. The molecule has 1 fully saturated rings. The normalized spacial score (nSPS) is 23.8. The van der Waals surface area contributed by atoms with Gasteiger partial charge in [-0.15, -0.1) is 0 Å². The number of hydrogen-bond donors (Lipinski definition) is 2. The summed E-state index contributed by atoms with van der Waals surface area (Å²) in [5.74, 6) is -0.373. The lowest BCUT2D eigenvalue weighted by atomic mass is 9.90. The molecule has 0 aromatic heterocycles. The van der Waals surface area contributed by atoms with Gasteiger partial charge in [0.15, 0.2) is 0 Å². The average Bonchev–Trinajstić information content (AvgIpc) is 2.43. The van der Waals surface area contributed by atoms with Crippen LogP contribution in [0.1, 0.15) is 35.7 Å². The summed E-state index contributed by atoms with van der Waals surface area (Å²) in [4.78, 5) is 13.4. The molecule has 1 aromatic rings. The summed E-state index contributed by atoms with van der Waals surface area (Å²) in [6.45, 7) is 4.36. The molecule has 1 aliphatic heterocycles. The van der Waals surface area contributed by atoms with Crippen molar-refractivity contribution in [2.45, 2.75) is 32.4 Å². The van der Waals surface area contributed by atoms with E-state index in [2.05, 4.69) is 11.8 Å². The maximum absolute atomic E-state index is 13.8. The van der Waals surface area contributed by atoms with Gasteiger partial charge in [0.25, 0.3) is 0 Å². The van der Waals surface area contributed by atoms with E-state index in [1.165, 1.54) is 12.1 Å². The van der Waals surface area contributed by atoms with Crippen molar-refractivity contribution in [3.63, 3.8) is 0 Å². The first kappa shape index (κ1) is 14.9. The third-order valence-corrected chi connectivity index (χ3v) is 4.13. The molecule has 0 aliphatic carbocycles. The highest BCUT2D eigenvalue weighted by molar-refractivity contribution is 5.92. The zero-order valence-corrected chi connectivity index (χ0v) is 11.8. The zero-order valence-electron chi connectivity index (χ0n) is 11.8. The van der Waals surface area contributed by atoms with Crippen LogP contribution in [0.15, 0.2) is 18.2 Å². The van der Waals surface area contributed by atoms with Crippen LogP contribution in [-0.4, -0.2) is 29.9 Å². The largest absolute Gasteiger partial charge is 0.366 e. The molecule has 4 nitrogen and oxygen atoms in total. The average molecular weight is 279 g/mol. The third-order valence-electron chi connectivity index (χ3n) is 4.13. The van der Waals surface area contributed by atoms with E-state index in [1.54, 1.807) is 6.07 Å². The van der Waals surface area contributed by atoms with E-state index in [0.717, 1.165) is 25.9 Å². The van der Waals surface area contributed by atoms with Crippen LogP contribution >= 0.6 is 0 Å². The number of benzene rings is 1. The van der Waals surface area contributed by atoms with Crippen molar-refractivity contribution in [2.75, 3.05) is 13.1 Å². The number of likely N-dealkylation sites (tertiary alicyclic amines) is 1. The van der Waals surface area contributed by atoms with Gasteiger partial charge >= 0.3 is 0 Å². The van der Waals surface area contributed by atoms with Gasteiger partial charge in [0.2, 0.25) is 5.91 Å². The number of amides is 1. The van der Waals surface area contributed by atoms with Crippen LogP contribution in [0.4, 0.5) is 4.39 Å². The summed E-state index contributed by atoms with van der Waals surface area (Å²) in [7, 11) is 0. The molecule has 1 saturated heterocycles. The maximum atomic E-state index is 13.8. The van der Waals surface area contributed by atoms with Crippen molar-refractivity contribution in [1.82, 2.24) is 4.90 Å². The number of piperidine rings is 1. The molecule has 2 unspecified atom stereocenters. The summed E-state index contributed by atoms with van der Waals surface area (Å²) < 4.78 is 13.8. The second-order valence-electron chi connectivity index (χ2n) is 5.53. The minimum Gasteiger partial charge on any atom is -0.366 e. The van der Waals surface area contributed by atoms with Crippen molar-refractivity contribution >= 4 is 5.91 Å². The standard InChI is InChI=1S/C15H22FN3O/c1-2-10-8-19(6-5-14(10)17)9-12-7-11(15(18)20)3-4-13(12)16/h3-4,7,10,14H,2,5-6,8-9,17H2,1H3,(H2,18,20). The van der Waals surface area contributed by atoms with Gasteiger partial charge in [-0.1, -0.05) is 13.3 Å². The number of carbonyl (C=O) groups excluding carboxylic acids is 1. The van der Waals surface area contributed by atoms with Crippen molar-refractivity contribution in [1.29, 1.82) is 0 Å². The van der Waals surface area contributed by atoms with Gasteiger partial charge < -0.3 is 11.5 Å². The Morgan fingerprint density at radius 2 is 2.25 bits per heavy atom. The van der Waals surface area contributed by atoms with E-state index in [-0.39, 0.29) is 11.9 Å². The van der Waals surface area contributed by atoms with Gasteiger partial charge in [0.1, 0.15) is 5.82 Å². The monoisotopic (exact) mass is 279 g/mol. The molecule has 2 atom stereocenters. The van der Waals surface area contributed by atoms with Gasteiger partial charge in [-0.05, 0) is 37.1 Å². The van der Waals surface area contributed by atoms with E-state index in [4.69, 9.17) is 11.5 Å². The summed E-state index contributed by atoms with van der Waals surface area (Å²) in [5, 5.41) is 0. The Hall–Kier alpha value is -1.46. The minimum atomic E-state index is -0.529. The minimum absolute atomic E-state index is 0.234. The zero-order chi connectivity index (χ0) is 14.7. The van der Waals surface area contributed by atoms with E-state index >= 15 is 0 Å². The van der Waals surface area contributed by atoms with Gasteiger partial charge in [-0.2, -0.15) is 0 Å². The lowest BCUT2D eigenvalue weighted by Crippen LogP contribution is -2.46. The van der Waals surface area contributed by atoms with Crippen LogP contribution in [0.2, 0.25) is 0 Å². The van der Waals surface area contributed by atoms with Crippen molar-refractivity contribution in [2.24, 2.45) is 17.4 Å². The van der Waals surface area contributed by atoms with Gasteiger partial charge in [0.05, 0.1) is 0 Å². The van der Waals surface area contributed by atoms with E-state index < -0.39 is 5.91 Å². The number of rotatable bonds is 4. The number of nitrogens with two attached hydrogens (primary N) is 2. The highest BCUT2D eigenvalue weighted by Crippen LogP contribution is 2.21. The SMILES string of the molecule is CCC1CN(Cc2cc(C(N)=O)ccc2F)CCC1N. The topological polar surface area (TPSA) is 72.3 Å². The van der Waals surface area contributed by atoms with Gasteiger partial charge in [-0.3, -0.25) is 9.69 Å². The van der Waals surface area contributed by atoms with E-state index in [1.807, 2.05) is 0 Å². The Kier molecular flexibility index (Phi) is 4.73. The van der Waals surface area contributed by atoms with Crippen molar-refractivity contribution < 1.29 is 9.18 Å². The van der Waals surface area contributed by atoms with Crippen LogP contribution in [0, 0.1) is 11.7 Å². The van der Waals surface area contributed by atoms with Gasteiger partial charge in [-0.25, -0.2) is 4.39 Å². The number of hydrogen-bond acceptors (Lipinski definition) is 3. The smallest absolute Gasteiger partial charge is 0.248 e. The Bertz CT molecular complexity index is 492. The second kappa shape index (κ2) is 6.33. The molecule has 110 valence electrons. The van der Waals surface area contributed by atoms with E-state index in [0.29, 0.717) is 23.6 Å². The van der Waals surface area contributed by atoms with E-state index in [9.17, 15) is 9.18 Å². The quantitative estimate of drug-likeness (QED) is 0.877. The van der Waals surface area contributed by atoms with Crippen LogP contribution in [0.3, 0.4) is 0 Å². The summed E-state index contributed by atoms with van der Waals surface area (Å²) in [5.41, 5.74) is 12.2. The van der Waals surface area contributed by atoms with Crippen LogP contribution in [-0.2, 0) is 6.54 Å². The first-order chi connectivity index (χ1) is 9.51. The molecule has 1 heterocycles. The lowest BCUT2D eigenvalue weighted by Gasteiger charge is -2.36. The molecule has 0 radical (unpaired) electrons. The second-order valence-corrected chi connectivity index (χ2v) is 5.53. The van der Waals surface area contributed by atoms with Crippen molar-refractivity contribution in [3.05, 3.63) is 35.1 Å². The Labute approximate surface area is 118 Å². The maximum Gasteiger partial charge on any atom is 0.248 e. The van der Waals surface area contributed by atoms with Crippen LogP contribution < -0.4 is 11.5 Å². The molecule has 5 heteroatoms. The van der Waals surface area contributed by atoms with Crippen LogP contribution in [0.25, 0.3) is 0 Å². The number of primary amides is 1. The molecule has 4 N–H and O–H groups in total. The first-order valence-electron chi connectivity index (χ1n) is 7.07. The number of halogens is 1. The molecular formula is C15H22FN3O. The molecule has 1 amide bonds. The fraction of sp³-hybridized carbons (Fsp3) is 0.533. The van der Waals surface area contributed by atoms with Crippen LogP contribution in [0.5, 0.6) is 0 Å². The molecule has 2 rings (SSSR count). The molecule has 0 saturated carbocycles. The highest BCUT2D eigenvalue weighted by atomic mass is 19.1. The fourth-order valence-corrected chi connectivity index (χ4v) is 2.79. The Morgan fingerprint density at radius 3 is 2.90 bits per heavy atom. The summed E-state index contributed by atoms with van der Waals surface area (Å²) in [6.07, 6.45) is 1.96. The predicted octanol–water partition coefficient (Wildman–Crippen LogP) is 1.48. The molecule has 1 aliphatic rings.